The monoisotopic (exact) mass is 395 g/mol. The summed E-state index contributed by atoms with van der Waals surface area (Å²) in [5, 5.41) is 11.0. The van der Waals surface area contributed by atoms with Crippen molar-refractivity contribution in [3.05, 3.63) is 69.8 Å². The van der Waals surface area contributed by atoms with Gasteiger partial charge in [-0.1, -0.05) is 31.2 Å². The summed E-state index contributed by atoms with van der Waals surface area (Å²) in [4.78, 5) is 39.3. The first-order chi connectivity index (χ1) is 13.8. The van der Waals surface area contributed by atoms with Crippen LogP contribution in [0.3, 0.4) is 0 Å². The van der Waals surface area contributed by atoms with Gasteiger partial charge in [0.15, 0.2) is 0 Å². The van der Waals surface area contributed by atoms with Crippen LogP contribution in [-0.2, 0) is 16.0 Å². The van der Waals surface area contributed by atoms with Crippen molar-refractivity contribution in [1.82, 2.24) is 4.90 Å². The van der Waals surface area contributed by atoms with E-state index >= 15 is 0 Å². The minimum absolute atomic E-state index is 0.00653. The summed E-state index contributed by atoms with van der Waals surface area (Å²) in [6.45, 7) is 4.24. The molecule has 2 unspecified atom stereocenters. The fraction of sp³-hybridized carbons (Fsp3) is 0.364. The molecule has 0 aliphatic carbocycles. The molecule has 1 aliphatic rings. The number of aryl methyl sites for hydroxylation is 1. The van der Waals surface area contributed by atoms with Crippen molar-refractivity contribution >= 4 is 23.2 Å². The lowest BCUT2D eigenvalue weighted by Gasteiger charge is -2.27. The Morgan fingerprint density at radius 2 is 1.97 bits per heavy atom. The highest BCUT2D eigenvalue weighted by molar-refractivity contribution is 6.00. The van der Waals surface area contributed by atoms with Gasteiger partial charge in [-0.25, -0.2) is 0 Å². The molecule has 2 aromatic rings. The third-order valence-corrected chi connectivity index (χ3v) is 5.62. The van der Waals surface area contributed by atoms with Crippen LogP contribution in [0.4, 0.5) is 11.4 Å². The fourth-order valence-electron chi connectivity index (χ4n) is 3.63. The van der Waals surface area contributed by atoms with E-state index in [0.717, 1.165) is 12.1 Å². The lowest BCUT2D eigenvalue weighted by atomic mass is 10.0. The van der Waals surface area contributed by atoms with E-state index in [0.29, 0.717) is 12.1 Å². The standard InChI is InChI=1S/C22H25N3O4/c1-4-16-8-10-19(11-9-16)24-14-18(13-21(24)26)22(27)23(3)15(2)17-6-5-7-20(12-17)25(28)29/h5-12,15,18H,4,13-14H2,1-3H3. The predicted molar refractivity (Wildman–Crippen MR) is 111 cm³/mol. The van der Waals surface area contributed by atoms with Crippen molar-refractivity contribution in [3.63, 3.8) is 0 Å². The third kappa shape index (κ3) is 4.29. The van der Waals surface area contributed by atoms with Gasteiger partial charge in [0.1, 0.15) is 0 Å². The Bertz CT molecular complexity index is 926. The highest BCUT2D eigenvalue weighted by Gasteiger charge is 2.37. The molecule has 2 aromatic carbocycles. The normalized spacial score (nSPS) is 17.3. The fourth-order valence-corrected chi connectivity index (χ4v) is 3.63. The molecular weight excluding hydrogens is 370 g/mol. The molecule has 1 heterocycles. The Morgan fingerprint density at radius 1 is 1.28 bits per heavy atom. The zero-order valence-electron chi connectivity index (χ0n) is 16.9. The van der Waals surface area contributed by atoms with Crippen LogP contribution in [0.2, 0.25) is 0 Å². The summed E-state index contributed by atoms with van der Waals surface area (Å²) in [5.74, 6) is -0.631. The van der Waals surface area contributed by atoms with E-state index in [1.165, 1.54) is 17.7 Å². The molecule has 0 radical (unpaired) electrons. The topological polar surface area (TPSA) is 83.8 Å². The summed E-state index contributed by atoms with van der Waals surface area (Å²) >= 11 is 0. The van der Waals surface area contributed by atoms with Gasteiger partial charge in [0.05, 0.1) is 16.9 Å². The number of nitro benzene ring substituents is 1. The number of nitro groups is 1. The first kappa shape index (κ1) is 20.5. The summed E-state index contributed by atoms with van der Waals surface area (Å²) in [7, 11) is 1.68. The molecule has 2 atom stereocenters. The van der Waals surface area contributed by atoms with Gasteiger partial charge in [-0.3, -0.25) is 19.7 Å². The molecule has 152 valence electrons. The van der Waals surface area contributed by atoms with Crippen molar-refractivity contribution in [1.29, 1.82) is 0 Å². The van der Waals surface area contributed by atoms with Crippen molar-refractivity contribution < 1.29 is 14.5 Å². The zero-order chi connectivity index (χ0) is 21.1. The summed E-state index contributed by atoms with van der Waals surface area (Å²) in [6.07, 6.45) is 1.09. The highest BCUT2D eigenvalue weighted by Crippen LogP contribution is 2.29. The van der Waals surface area contributed by atoms with E-state index in [-0.39, 0.29) is 30.0 Å². The molecular formula is C22H25N3O4. The molecule has 1 aliphatic heterocycles. The van der Waals surface area contributed by atoms with Gasteiger partial charge in [-0.05, 0) is 36.6 Å². The Balaban J connectivity index is 1.71. The second kappa shape index (κ2) is 8.43. The lowest BCUT2D eigenvalue weighted by Crippen LogP contribution is -2.36. The van der Waals surface area contributed by atoms with E-state index in [2.05, 4.69) is 6.92 Å². The van der Waals surface area contributed by atoms with Crippen LogP contribution in [0, 0.1) is 16.0 Å². The molecule has 1 fully saturated rings. The largest absolute Gasteiger partial charge is 0.339 e. The van der Waals surface area contributed by atoms with E-state index in [4.69, 9.17) is 0 Å². The molecule has 0 saturated carbocycles. The van der Waals surface area contributed by atoms with Crippen molar-refractivity contribution in [2.45, 2.75) is 32.7 Å². The number of nitrogens with zero attached hydrogens (tertiary/aromatic N) is 3. The number of benzene rings is 2. The van der Waals surface area contributed by atoms with Crippen molar-refractivity contribution in [2.24, 2.45) is 5.92 Å². The Hall–Kier alpha value is -3.22. The minimum Gasteiger partial charge on any atom is -0.339 e. The van der Waals surface area contributed by atoms with Crippen molar-refractivity contribution in [3.8, 4) is 0 Å². The average Bonchev–Trinajstić information content (AvgIpc) is 3.13. The van der Waals surface area contributed by atoms with E-state index < -0.39 is 10.8 Å². The number of carbonyl (C=O) groups is 2. The molecule has 0 N–H and O–H groups in total. The summed E-state index contributed by atoms with van der Waals surface area (Å²) in [5.41, 5.74) is 2.68. The van der Waals surface area contributed by atoms with Crippen molar-refractivity contribution in [2.75, 3.05) is 18.5 Å². The van der Waals surface area contributed by atoms with Gasteiger partial charge < -0.3 is 9.80 Å². The first-order valence-electron chi connectivity index (χ1n) is 9.72. The molecule has 2 amide bonds. The molecule has 0 spiro atoms. The second-order valence-corrected chi connectivity index (χ2v) is 7.40. The van der Waals surface area contributed by atoms with Crippen LogP contribution >= 0.6 is 0 Å². The molecule has 7 nitrogen and oxygen atoms in total. The maximum absolute atomic E-state index is 13.0. The van der Waals surface area contributed by atoms with E-state index in [1.807, 2.05) is 31.2 Å². The zero-order valence-corrected chi connectivity index (χ0v) is 16.9. The molecule has 7 heteroatoms. The Morgan fingerprint density at radius 3 is 2.59 bits per heavy atom. The van der Waals surface area contributed by atoms with Gasteiger partial charge in [-0.2, -0.15) is 0 Å². The Kier molecular flexibility index (Phi) is 5.96. The average molecular weight is 395 g/mol. The van der Waals surface area contributed by atoms with Crippen LogP contribution in [0.25, 0.3) is 0 Å². The number of rotatable bonds is 6. The highest BCUT2D eigenvalue weighted by atomic mass is 16.6. The molecule has 3 rings (SSSR count). The summed E-state index contributed by atoms with van der Waals surface area (Å²) < 4.78 is 0. The Labute approximate surface area is 170 Å². The maximum atomic E-state index is 13.0. The van der Waals surface area contributed by atoms with Gasteiger partial charge in [0, 0.05) is 37.8 Å². The lowest BCUT2D eigenvalue weighted by molar-refractivity contribution is -0.384. The third-order valence-electron chi connectivity index (χ3n) is 5.62. The van der Waals surface area contributed by atoms with Gasteiger partial charge in [0.2, 0.25) is 11.8 Å². The maximum Gasteiger partial charge on any atom is 0.269 e. The molecule has 0 aromatic heterocycles. The SMILES string of the molecule is CCc1ccc(N2CC(C(=O)N(C)C(C)c3cccc([N+](=O)[O-])c3)CC2=O)cc1. The van der Waals surface area contributed by atoms with Crippen LogP contribution in [0.5, 0.6) is 0 Å². The minimum atomic E-state index is -0.449. The van der Waals surface area contributed by atoms with Gasteiger partial charge in [-0.15, -0.1) is 0 Å². The van der Waals surface area contributed by atoms with Crippen LogP contribution in [0.1, 0.15) is 37.4 Å². The number of anilines is 1. The molecule has 0 bridgehead atoms. The number of carbonyl (C=O) groups excluding carboxylic acids is 2. The quantitative estimate of drug-likeness (QED) is 0.551. The van der Waals surface area contributed by atoms with E-state index in [1.54, 1.807) is 29.0 Å². The number of amides is 2. The second-order valence-electron chi connectivity index (χ2n) is 7.40. The number of non-ortho nitro benzene ring substituents is 1. The van der Waals surface area contributed by atoms with Crippen LogP contribution < -0.4 is 4.90 Å². The van der Waals surface area contributed by atoms with Gasteiger partial charge in [0.25, 0.3) is 5.69 Å². The number of hydrogen-bond acceptors (Lipinski definition) is 4. The predicted octanol–water partition coefficient (Wildman–Crippen LogP) is 3.73. The molecule has 29 heavy (non-hydrogen) atoms. The van der Waals surface area contributed by atoms with Gasteiger partial charge >= 0.3 is 0 Å². The van der Waals surface area contributed by atoms with Crippen LogP contribution in [-0.4, -0.2) is 35.2 Å². The first-order valence-corrected chi connectivity index (χ1v) is 9.72. The van der Waals surface area contributed by atoms with E-state index in [9.17, 15) is 19.7 Å². The number of hydrogen-bond donors (Lipinski definition) is 0. The summed E-state index contributed by atoms with van der Waals surface area (Å²) in [6, 6.07) is 13.8. The molecule has 1 saturated heterocycles. The smallest absolute Gasteiger partial charge is 0.269 e. The van der Waals surface area contributed by atoms with Crippen LogP contribution in [0.15, 0.2) is 48.5 Å².